The topological polar surface area (TPSA) is 12.5 Å². The van der Waals surface area contributed by atoms with Crippen LogP contribution in [0.1, 0.15) is 11.7 Å². The Morgan fingerprint density at radius 2 is 2.08 bits per heavy atom. The number of hydrogen-bond acceptors (Lipinski definition) is 1. The van der Waals surface area contributed by atoms with Crippen molar-refractivity contribution in [1.29, 1.82) is 0 Å². The van der Waals surface area contributed by atoms with Gasteiger partial charge < -0.3 is 4.74 Å². The van der Waals surface area contributed by atoms with E-state index in [4.69, 9.17) is 11.2 Å². The molecule has 13 heavy (non-hydrogen) atoms. The van der Waals surface area contributed by atoms with Crippen LogP contribution in [0.5, 0.6) is 0 Å². The maximum Gasteiger partial charge on any atom is 0.113 e. The second kappa shape index (κ2) is 3.47. The van der Waals surface area contributed by atoms with Crippen LogP contribution in [0.15, 0.2) is 42.5 Å². The van der Waals surface area contributed by atoms with Crippen molar-refractivity contribution in [1.82, 2.24) is 0 Å². The Morgan fingerprint density at radius 1 is 1.31 bits per heavy atom. The van der Waals surface area contributed by atoms with E-state index >= 15 is 0 Å². The van der Waals surface area contributed by atoms with E-state index in [2.05, 4.69) is 18.1 Å². The third kappa shape index (κ3) is 1.80. The molecule has 0 N–H and O–H groups in total. The number of rotatable bonds is 2. The maximum atomic E-state index is 5.42. The molecule has 0 amide bonds. The molecule has 0 radical (unpaired) electrons. The number of terminal acetylenes is 1. The van der Waals surface area contributed by atoms with E-state index in [1.165, 1.54) is 5.56 Å². The quantitative estimate of drug-likeness (QED) is 0.490. The van der Waals surface area contributed by atoms with Gasteiger partial charge in [0.15, 0.2) is 0 Å². The molecule has 0 bridgehead atoms. The second-order valence-electron chi connectivity index (χ2n) is 2.96. The number of hydrogen-bond donors (Lipinski definition) is 0. The Hall–Kier alpha value is -1.52. The molecular weight excluding hydrogens is 160 g/mol. The molecule has 64 valence electrons. The SMILES string of the molecule is C#C/C=C\C1OC1c1ccccc1. The van der Waals surface area contributed by atoms with E-state index in [0.717, 1.165) is 0 Å². The van der Waals surface area contributed by atoms with Crippen molar-refractivity contribution in [2.24, 2.45) is 0 Å². The normalized spacial score (nSPS) is 25.8. The average molecular weight is 170 g/mol. The summed E-state index contributed by atoms with van der Waals surface area (Å²) in [5.74, 6) is 2.45. The molecule has 1 fully saturated rings. The highest BCUT2D eigenvalue weighted by molar-refractivity contribution is 5.26. The van der Waals surface area contributed by atoms with Gasteiger partial charge in [-0.1, -0.05) is 36.3 Å². The highest BCUT2D eigenvalue weighted by atomic mass is 16.6. The molecule has 2 unspecified atom stereocenters. The van der Waals surface area contributed by atoms with Gasteiger partial charge in [-0.3, -0.25) is 0 Å². The molecule has 1 nitrogen and oxygen atoms in total. The number of benzene rings is 1. The van der Waals surface area contributed by atoms with E-state index in [1.807, 2.05) is 24.3 Å². The molecule has 1 aliphatic rings. The van der Waals surface area contributed by atoms with Gasteiger partial charge in [-0.15, -0.1) is 6.42 Å². The van der Waals surface area contributed by atoms with Gasteiger partial charge in [0.05, 0.1) is 0 Å². The molecule has 0 saturated carbocycles. The van der Waals surface area contributed by atoms with Gasteiger partial charge in [0.1, 0.15) is 12.2 Å². The van der Waals surface area contributed by atoms with Gasteiger partial charge >= 0.3 is 0 Å². The fourth-order valence-corrected chi connectivity index (χ4v) is 1.33. The number of allylic oxidation sites excluding steroid dienone is 1. The summed E-state index contributed by atoms with van der Waals surface area (Å²) in [6.45, 7) is 0. The second-order valence-corrected chi connectivity index (χ2v) is 2.96. The molecule has 1 saturated heterocycles. The predicted octanol–water partition coefficient (Wildman–Crippen LogP) is 2.32. The van der Waals surface area contributed by atoms with Crippen molar-refractivity contribution in [2.75, 3.05) is 0 Å². The summed E-state index contributed by atoms with van der Waals surface area (Å²) in [7, 11) is 0. The van der Waals surface area contributed by atoms with Crippen LogP contribution in [0.3, 0.4) is 0 Å². The van der Waals surface area contributed by atoms with Gasteiger partial charge in [0.25, 0.3) is 0 Å². The first-order valence-corrected chi connectivity index (χ1v) is 4.25. The molecule has 1 heterocycles. The summed E-state index contributed by atoms with van der Waals surface area (Å²) >= 11 is 0. The molecule has 0 aromatic heterocycles. The van der Waals surface area contributed by atoms with Crippen molar-refractivity contribution in [3.63, 3.8) is 0 Å². The zero-order valence-corrected chi connectivity index (χ0v) is 7.18. The monoisotopic (exact) mass is 170 g/mol. The summed E-state index contributed by atoms with van der Waals surface area (Å²) in [6.07, 6.45) is 9.09. The van der Waals surface area contributed by atoms with Crippen molar-refractivity contribution in [3.05, 3.63) is 48.0 Å². The minimum atomic E-state index is 0.179. The van der Waals surface area contributed by atoms with Crippen molar-refractivity contribution >= 4 is 0 Å². The van der Waals surface area contributed by atoms with Crippen LogP contribution in [-0.2, 0) is 4.74 Å². The Balaban J connectivity index is 2.01. The van der Waals surface area contributed by atoms with Crippen LogP contribution in [0.4, 0.5) is 0 Å². The molecule has 1 aliphatic heterocycles. The summed E-state index contributed by atoms with van der Waals surface area (Å²) in [6, 6.07) is 10.2. The van der Waals surface area contributed by atoms with Crippen molar-refractivity contribution in [2.45, 2.75) is 12.2 Å². The van der Waals surface area contributed by atoms with Gasteiger partial charge in [0, 0.05) is 0 Å². The molecule has 2 atom stereocenters. The summed E-state index contributed by atoms with van der Waals surface area (Å²) in [5.41, 5.74) is 1.22. The van der Waals surface area contributed by atoms with Crippen LogP contribution >= 0.6 is 0 Å². The van der Waals surface area contributed by atoms with E-state index in [-0.39, 0.29) is 12.2 Å². The molecule has 1 aromatic rings. The number of ether oxygens (including phenoxy) is 1. The van der Waals surface area contributed by atoms with E-state index in [1.54, 1.807) is 6.08 Å². The van der Waals surface area contributed by atoms with Gasteiger partial charge in [-0.05, 0) is 17.7 Å². The minimum Gasteiger partial charge on any atom is -0.360 e. The van der Waals surface area contributed by atoms with Gasteiger partial charge in [-0.25, -0.2) is 0 Å². The van der Waals surface area contributed by atoms with Crippen LogP contribution in [-0.4, -0.2) is 6.10 Å². The molecular formula is C12H10O. The Bertz CT molecular complexity index is 345. The smallest absolute Gasteiger partial charge is 0.113 e. The van der Waals surface area contributed by atoms with Crippen LogP contribution < -0.4 is 0 Å². The maximum absolute atomic E-state index is 5.42. The zero-order chi connectivity index (χ0) is 9.10. The van der Waals surface area contributed by atoms with E-state index in [9.17, 15) is 0 Å². The first kappa shape index (κ1) is 8.10. The van der Waals surface area contributed by atoms with Gasteiger partial charge in [0.2, 0.25) is 0 Å². The fourth-order valence-electron chi connectivity index (χ4n) is 1.33. The van der Waals surface area contributed by atoms with Crippen molar-refractivity contribution in [3.8, 4) is 12.3 Å². The highest BCUT2D eigenvalue weighted by Gasteiger charge is 2.37. The average Bonchev–Trinajstić information content (AvgIpc) is 2.95. The minimum absolute atomic E-state index is 0.179. The standard InChI is InChI=1S/C12H10O/c1-2-3-9-11-12(13-11)10-7-5-4-6-8-10/h1,3-9,11-12H/b9-3-. The van der Waals surface area contributed by atoms with E-state index < -0.39 is 0 Å². The van der Waals surface area contributed by atoms with Crippen LogP contribution in [0.25, 0.3) is 0 Å². The summed E-state index contributed by atoms with van der Waals surface area (Å²) in [4.78, 5) is 0. The zero-order valence-electron chi connectivity index (χ0n) is 7.18. The highest BCUT2D eigenvalue weighted by Crippen LogP contribution is 2.39. The van der Waals surface area contributed by atoms with Gasteiger partial charge in [-0.2, -0.15) is 0 Å². The molecule has 0 spiro atoms. The molecule has 2 rings (SSSR count). The largest absolute Gasteiger partial charge is 0.360 e. The lowest BCUT2D eigenvalue weighted by molar-refractivity contribution is 0.394. The lowest BCUT2D eigenvalue weighted by atomic mass is 10.1. The molecule has 0 aliphatic carbocycles. The molecule has 1 aromatic carbocycles. The predicted molar refractivity (Wildman–Crippen MR) is 52.0 cm³/mol. The third-order valence-corrected chi connectivity index (χ3v) is 2.04. The third-order valence-electron chi connectivity index (χ3n) is 2.04. The van der Waals surface area contributed by atoms with Crippen LogP contribution in [0.2, 0.25) is 0 Å². The Morgan fingerprint density at radius 3 is 2.77 bits per heavy atom. The summed E-state index contributed by atoms with van der Waals surface area (Å²) in [5, 5.41) is 0. The lowest BCUT2D eigenvalue weighted by Gasteiger charge is -1.91. The first-order valence-electron chi connectivity index (χ1n) is 4.25. The van der Waals surface area contributed by atoms with Crippen LogP contribution in [0, 0.1) is 12.3 Å². The number of epoxide rings is 1. The Labute approximate surface area is 78.0 Å². The summed E-state index contributed by atoms with van der Waals surface area (Å²) < 4.78 is 5.42. The fraction of sp³-hybridized carbons (Fsp3) is 0.167. The molecule has 1 heteroatoms. The first-order chi connectivity index (χ1) is 6.42. The van der Waals surface area contributed by atoms with Crippen molar-refractivity contribution < 1.29 is 4.74 Å². The lowest BCUT2D eigenvalue weighted by Crippen LogP contribution is -1.82. The van der Waals surface area contributed by atoms with E-state index in [0.29, 0.717) is 0 Å². The Kier molecular flexibility index (Phi) is 2.16.